The van der Waals surface area contributed by atoms with Gasteiger partial charge in [-0.1, -0.05) is 169 Å². The summed E-state index contributed by atoms with van der Waals surface area (Å²) in [6.07, 6.45) is 14.8. The third-order valence-corrected chi connectivity index (χ3v) is 15.0. The van der Waals surface area contributed by atoms with E-state index in [1.807, 2.05) is 73.1 Å². The van der Waals surface area contributed by atoms with Crippen LogP contribution < -0.4 is 0 Å². The fourth-order valence-electron chi connectivity index (χ4n) is 10.5. The lowest BCUT2D eigenvalue weighted by Gasteiger charge is -2.28. The Balaban J connectivity index is 1.15. The van der Waals surface area contributed by atoms with Crippen LogP contribution in [0.5, 0.6) is 23.0 Å². The van der Waals surface area contributed by atoms with Gasteiger partial charge in [-0.15, -0.1) is 0 Å². The van der Waals surface area contributed by atoms with Gasteiger partial charge in [0.2, 0.25) is 0 Å². The van der Waals surface area contributed by atoms with Crippen molar-refractivity contribution in [3.05, 3.63) is 129 Å². The Morgan fingerprint density at radius 2 is 0.667 bits per heavy atom. The Labute approximate surface area is 428 Å². The molecule has 72 heavy (non-hydrogen) atoms. The highest BCUT2D eigenvalue weighted by Crippen LogP contribution is 2.48. The van der Waals surface area contributed by atoms with Crippen LogP contribution in [0.2, 0.25) is 0 Å². The number of aromatic hydroxyl groups is 4. The van der Waals surface area contributed by atoms with Crippen molar-refractivity contribution in [2.24, 2.45) is 20.0 Å². The number of benzene rings is 6. The van der Waals surface area contributed by atoms with Crippen molar-refractivity contribution >= 4 is 46.4 Å². The van der Waals surface area contributed by atoms with Crippen LogP contribution in [-0.2, 0) is 21.7 Å². The number of hydrogen-bond donors (Lipinski definition) is 4. The SMILES string of the molecule is CC(C)(C)c1cc(/C=N/C2CCCCC2/N=C/c2cc3ccccc3c(-c3c(O)c(/C=N/C4CCCCC4/N=C/c4cc(C(C)(C)C)cc(C(C)(C)C)c4O)cc4ccccc34)c2O)c(O)c(C(C)(C)C)c1. The van der Waals surface area contributed by atoms with Crippen molar-refractivity contribution < 1.29 is 20.4 Å². The summed E-state index contributed by atoms with van der Waals surface area (Å²) in [5, 5.41) is 51.5. The molecule has 4 atom stereocenters. The molecular weight excluding hydrogens is 889 g/mol. The highest BCUT2D eigenvalue weighted by Gasteiger charge is 2.30. The topological polar surface area (TPSA) is 130 Å². The van der Waals surface area contributed by atoms with Crippen LogP contribution in [0.4, 0.5) is 0 Å². The minimum absolute atomic E-state index is 0.0385. The van der Waals surface area contributed by atoms with Crippen molar-refractivity contribution in [2.45, 2.75) is 180 Å². The van der Waals surface area contributed by atoms with Crippen LogP contribution in [0.3, 0.4) is 0 Å². The number of fused-ring (bicyclic) bond motifs is 2. The third kappa shape index (κ3) is 11.2. The van der Waals surface area contributed by atoms with Crippen LogP contribution in [0.1, 0.15) is 179 Å². The Morgan fingerprint density at radius 3 is 0.958 bits per heavy atom. The number of aliphatic imine (C=N–C) groups is 4. The second kappa shape index (κ2) is 20.3. The van der Waals surface area contributed by atoms with Gasteiger partial charge in [-0.2, -0.15) is 0 Å². The van der Waals surface area contributed by atoms with Gasteiger partial charge in [0.1, 0.15) is 23.0 Å². The van der Waals surface area contributed by atoms with E-state index in [4.69, 9.17) is 20.0 Å². The predicted molar refractivity (Wildman–Crippen MR) is 304 cm³/mol. The molecule has 4 N–H and O–H groups in total. The zero-order valence-corrected chi connectivity index (χ0v) is 44.9. The van der Waals surface area contributed by atoms with Crippen molar-refractivity contribution in [1.82, 2.24) is 0 Å². The van der Waals surface area contributed by atoms with E-state index in [9.17, 15) is 20.4 Å². The van der Waals surface area contributed by atoms with Crippen molar-refractivity contribution in [2.75, 3.05) is 0 Å². The van der Waals surface area contributed by atoms with Crippen molar-refractivity contribution in [3.8, 4) is 34.1 Å². The quantitative estimate of drug-likeness (QED) is 0.108. The Bertz CT molecular complexity index is 2890. The highest BCUT2D eigenvalue weighted by molar-refractivity contribution is 6.14. The van der Waals surface area contributed by atoms with E-state index in [1.165, 1.54) is 0 Å². The predicted octanol–water partition coefficient (Wildman–Crippen LogP) is 15.4. The summed E-state index contributed by atoms with van der Waals surface area (Å²) in [6.45, 7) is 25.9. The number of phenolic OH excluding ortho intramolecular Hbond substituents is 4. The maximum Gasteiger partial charge on any atom is 0.132 e. The molecule has 4 unspecified atom stereocenters. The Morgan fingerprint density at radius 1 is 0.375 bits per heavy atom. The summed E-state index contributed by atoms with van der Waals surface area (Å²) in [5.41, 5.74) is 7.03. The average Bonchev–Trinajstić information content (AvgIpc) is 3.31. The molecule has 6 aromatic carbocycles. The van der Waals surface area contributed by atoms with E-state index in [0.717, 1.165) is 106 Å². The standard InChI is InChI=1S/C64H78N4O4/c1-61(2,3)45-31-43(57(69)49(33-45)63(7,8)9)37-67-53-27-19-17-25-51(53)65-35-41-29-39-21-13-15-23-47(39)55(59(41)71)56-48-24-16-14-22-40(48)30-42(60(56)72)36-66-52-26-18-20-28-54(52)68-38-44-32-46(62(4,5)6)34-50(58(44)70)64(10,11)12/h13-16,21-24,29-38,51-54,69-72H,17-20,25-28H2,1-12H3/b65-35+,66-36+,67-37+,68-38+. The van der Waals surface area contributed by atoms with Gasteiger partial charge in [-0.3, -0.25) is 20.0 Å². The van der Waals surface area contributed by atoms with Gasteiger partial charge >= 0.3 is 0 Å². The molecule has 2 fully saturated rings. The van der Waals surface area contributed by atoms with Gasteiger partial charge < -0.3 is 20.4 Å². The number of hydrogen-bond acceptors (Lipinski definition) is 8. The van der Waals surface area contributed by atoms with E-state index < -0.39 is 0 Å². The number of nitrogens with zero attached hydrogens (tertiary/aromatic N) is 4. The normalized spacial score (nSPS) is 19.8. The van der Waals surface area contributed by atoms with E-state index in [0.29, 0.717) is 22.3 Å². The average molecular weight is 967 g/mol. The maximum absolute atomic E-state index is 12.5. The first kappa shape index (κ1) is 52.1. The van der Waals surface area contributed by atoms with Gasteiger partial charge in [0.05, 0.1) is 24.2 Å². The third-order valence-electron chi connectivity index (χ3n) is 15.0. The van der Waals surface area contributed by atoms with Gasteiger partial charge in [-0.25, -0.2) is 0 Å². The molecule has 8 nitrogen and oxygen atoms in total. The molecule has 0 radical (unpaired) electrons. The minimum Gasteiger partial charge on any atom is -0.507 e. The van der Waals surface area contributed by atoms with E-state index in [-0.39, 0.29) is 68.8 Å². The van der Waals surface area contributed by atoms with E-state index in [2.05, 4.69) is 107 Å². The van der Waals surface area contributed by atoms with Gasteiger partial charge in [-0.05, 0) is 104 Å². The zero-order valence-electron chi connectivity index (χ0n) is 44.9. The molecule has 6 aromatic rings. The molecule has 2 aliphatic carbocycles. The summed E-state index contributed by atoms with van der Waals surface area (Å²) in [5.74, 6) is 0.618. The molecule has 0 amide bonds. The monoisotopic (exact) mass is 967 g/mol. The van der Waals surface area contributed by atoms with E-state index >= 15 is 0 Å². The van der Waals surface area contributed by atoms with E-state index in [1.54, 1.807) is 12.4 Å². The smallest absolute Gasteiger partial charge is 0.132 e. The first-order valence-electron chi connectivity index (χ1n) is 26.3. The molecule has 2 saturated carbocycles. The van der Waals surface area contributed by atoms with Gasteiger partial charge in [0, 0.05) is 69.4 Å². The summed E-state index contributed by atoms with van der Waals surface area (Å²) in [7, 11) is 0. The molecule has 378 valence electrons. The molecule has 8 heteroatoms. The van der Waals surface area contributed by atoms with Crippen LogP contribution >= 0.6 is 0 Å². The second-order valence-electron chi connectivity index (χ2n) is 24.7. The Kier molecular flexibility index (Phi) is 14.7. The van der Waals surface area contributed by atoms with Crippen LogP contribution in [0.15, 0.2) is 105 Å². The lowest BCUT2D eigenvalue weighted by molar-refractivity contribution is 0.390. The summed E-state index contributed by atoms with van der Waals surface area (Å²) >= 11 is 0. The largest absolute Gasteiger partial charge is 0.507 e. The molecule has 2 aliphatic rings. The zero-order chi connectivity index (χ0) is 51.9. The fraction of sp³-hybridized carbons (Fsp3) is 0.438. The summed E-state index contributed by atoms with van der Waals surface area (Å²) < 4.78 is 0. The first-order chi connectivity index (χ1) is 33.9. The molecule has 0 aromatic heterocycles. The fourth-order valence-corrected chi connectivity index (χ4v) is 10.5. The molecular formula is C64H78N4O4. The van der Waals surface area contributed by atoms with Gasteiger partial charge in [0.15, 0.2) is 0 Å². The molecule has 0 spiro atoms. The lowest BCUT2D eigenvalue weighted by Crippen LogP contribution is -2.27. The first-order valence-corrected chi connectivity index (χ1v) is 26.3. The van der Waals surface area contributed by atoms with Crippen molar-refractivity contribution in [3.63, 3.8) is 0 Å². The van der Waals surface area contributed by atoms with Gasteiger partial charge in [0.25, 0.3) is 0 Å². The van der Waals surface area contributed by atoms with Crippen molar-refractivity contribution in [1.29, 1.82) is 0 Å². The Hall–Kier alpha value is -6.28. The minimum atomic E-state index is -0.247. The lowest BCUT2D eigenvalue weighted by atomic mass is 9.79. The molecule has 8 rings (SSSR count). The number of phenols is 4. The highest BCUT2D eigenvalue weighted by atomic mass is 16.3. The van der Waals surface area contributed by atoms with Crippen LogP contribution in [-0.4, -0.2) is 69.5 Å². The maximum atomic E-state index is 12.5. The second-order valence-corrected chi connectivity index (χ2v) is 24.7. The molecule has 0 aliphatic heterocycles. The number of rotatable bonds is 9. The molecule has 0 bridgehead atoms. The molecule has 0 heterocycles. The van der Waals surface area contributed by atoms with Crippen LogP contribution in [0.25, 0.3) is 32.7 Å². The summed E-state index contributed by atoms with van der Waals surface area (Å²) in [6, 6.07) is 27.8. The molecule has 0 saturated heterocycles. The summed E-state index contributed by atoms with van der Waals surface area (Å²) in [4.78, 5) is 20.6. The van der Waals surface area contributed by atoms with Crippen LogP contribution in [0, 0.1) is 0 Å².